The number of pyridine rings is 1. The van der Waals surface area contributed by atoms with Gasteiger partial charge in [-0.2, -0.15) is 9.78 Å². The maximum absolute atomic E-state index is 11.6. The van der Waals surface area contributed by atoms with E-state index in [-0.39, 0.29) is 5.92 Å². The fourth-order valence-corrected chi connectivity index (χ4v) is 3.88. The predicted octanol–water partition coefficient (Wildman–Crippen LogP) is 3.23. The number of aromatic nitrogens is 3. The van der Waals surface area contributed by atoms with Crippen molar-refractivity contribution >= 4 is 56.6 Å². The number of fused-ring (bicyclic) bond motifs is 1. The first-order valence-corrected chi connectivity index (χ1v) is 11.0. The van der Waals surface area contributed by atoms with Gasteiger partial charge in [0.2, 0.25) is 0 Å². The molecule has 3 N–H and O–H groups in total. The summed E-state index contributed by atoms with van der Waals surface area (Å²) in [5.41, 5.74) is 8.64. The smallest absolute Gasteiger partial charge is 0.394 e. The van der Waals surface area contributed by atoms with Crippen LogP contribution in [0.2, 0.25) is 0 Å². The van der Waals surface area contributed by atoms with Crippen LogP contribution in [0.5, 0.6) is 0 Å². The van der Waals surface area contributed by atoms with Gasteiger partial charge in [0.1, 0.15) is 5.82 Å². The Morgan fingerprint density at radius 2 is 1.97 bits per heavy atom. The fraction of sp³-hybridized carbons (Fsp3) is 0.227. The molecular formula is C22H21BrN6O3. The lowest BCUT2D eigenvalue weighted by Gasteiger charge is -2.28. The van der Waals surface area contributed by atoms with E-state index in [1.807, 2.05) is 36.5 Å². The lowest BCUT2D eigenvalue weighted by atomic mass is 9.98. The Bertz CT molecular complexity index is 1230. The Morgan fingerprint density at radius 3 is 2.69 bits per heavy atom. The summed E-state index contributed by atoms with van der Waals surface area (Å²) in [7, 11) is 0. The minimum atomic E-state index is -1.42. The molecule has 2 aromatic heterocycles. The van der Waals surface area contributed by atoms with E-state index in [2.05, 4.69) is 26.0 Å². The summed E-state index contributed by atoms with van der Waals surface area (Å²) >= 11 is 3.25. The van der Waals surface area contributed by atoms with Crippen molar-refractivity contribution in [3.8, 4) is 11.1 Å². The van der Waals surface area contributed by atoms with Gasteiger partial charge >= 0.3 is 11.9 Å². The highest BCUT2D eigenvalue weighted by molar-refractivity contribution is 9.11. The van der Waals surface area contributed by atoms with Crippen LogP contribution in [0.3, 0.4) is 0 Å². The second-order valence-corrected chi connectivity index (χ2v) is 7.92. The van der Waals surface area contributed by atoms with E-state index in [1.165, 1.54) is 4.90 Å². The Kier molecular flexibility index (Phi) is 6.31. The predicted molar refractivity (Wildman–Crippen MR) is 125 cm³/mol. The number of aliphatic carboxylic acids is 1. The standard InChI is InChI=1S/C22H21BrN6O3/c23-10-19(24)29-20(26-11-14-5-7-28(8-6-14)21(30)22(31)32)17(13-27-29)16-9-15-3-1-2-4-18(15)25-12-16/h1-4,9-14H,5-8,24H2,(H,31,32)/b19-10+,26-11+. The van der Waals surface area contributed by atoms with Crippen LogP contribution >= 0.6 is 15.9 Å². The third kappa shape index (κ3) is 4.40. The van der Waals surface area contributed by atoms with Crippen molar-refractivity contribution in [2.75, 3.05) is 13.1 Å². The molecule has 1 aliphatic heterocycles. The van der Waals surface area contributed by atoms with Crippen LogP contribution in [0, 0.1) is 5.92 Å². The van der Waals surface area contributed by atoms with Crippen molar-refractivity contribution in [2.45, 2.75) is 12.8 Å². The molecule has 0 unspecified atom stereocenters. The maximum atomic E-state index is 11.6. The number of piperidine rings is 1. The summed E-state index contributed by atoms with van der Waals surface area (Å²) in [6.07, 6.45) is 6.58. The van der Waals surface area contributed by atoms with Crippen LogP contribution in [0.15, 0.2) is 52.7 Å². The van der Waals surface area contributed by atoms with Crippen LogP contribution in [0.1, 0.15) is 12.8 Å². The van der Waals surface area contributed by atoms with Crippen molar-refractivity contribution in [2.24, 2.45) is 16.6 Å². The van der Waals surface area contributed by atoms with E-state index in [0.717, 1.165) is 22.0 Å². The number of carbonyl (C=O) groups is 2. The summed E-state index contributed by atoms with van der Waals surface area (Å²) < 4.78 is 1.54. The summed E-state index contributed by atoms with van der Waals surface area (Å²) in [6, 6.07) is 9.89. The van der Waals surface area contributed by atoms with E-state index in [4.69, 9.17) is 15.8 Å². The van der Waals surface area contributed by atoms with Gasteiger partial charge in [0.25, 0.3) is 0 Å². The van der Waals surface area contributed by atoms with E-state index in [9.17, 15) is 9.59 Å². The Balaban J connectivity index is 1.62. The minimum absolute atomic E-state index is 0.105. The number of rotatable bonds is 4. The molecule has 1 saturated heterocycles. The second kappa shape index (κ2) is 9.31. The molecule has 0 radical (unpaired) electrons. The first kappa shape index (κ1) is 21.7. The Hall–Kier alpha value is -3.53. The third-order valence-corrected chi connectivity index (χ3v) is 5.89. The molecular weight excluding hydrogens is 476 g/mol. The van der Waals surface area contributed by atoms with E-state index in [0.29, 0.717) is 37.6 Å². The molecule has 3 aromatic rings. The SMILES string of the molecule is N/C(=C\Br)n1ncc(-c2cnc3ccccc3c2)c1/N=C/C1CCN(C(=O)C(=O)O)CC1. The van der Waals surface area contributed by atoms with Crippen LogP contribution < -0.4 is 5.73 Å². The number of likely N-dealkylation sites (tertiary alicyclic amines) is 1. The molecule has 32 heavy (non-hydrogen) atoms. The van der Waals surface area contributed by atoms with Crippen molar-refractivity contribution in [1.29, 1.82) is 0 Å². The quantitative estimate of drug-likeness (QED) is 0.421. The monoisotopic (exact) mass is 496 g/mol. The zero-order chi connectivity index (χ0) is 22.7. The zero-order valence-electron chi connectivity index (χ0n) is 17.1. The van der Waals surface area contributed by atoms with Crippen LogP contribution in [-0.2, 0) is 9.59 Å². The average Bonchev–Trinajstić information content (AvgIpc) is 3.25. The average molecular weight is 497 g/mol. The lowest BCUT2D eigenvalue weighted by molar-refractivity contribution is -0.156. The number of carboxylic acids is 1. The lowest BCUT2D eigenvalue weighted by Crippen LogP contribution is -2.42. The van der Waals surface area contributed by atoms with Gasteiger partial charge < -0.3 is 15.7 Å². The van der Waals surface area contributed by atoms with Gasteiger partial charge in [0.15, 0.2) is 5.82 Å². The van der Waals surface area contributed by atoms with E-state index < -0.39 is 11.9 Å². The van der Waals surface area contributed by atoms with Gasteiger partial charge in [-0.15, -0.1) is 0 Å². The number of halogens is 1. The number of carboxylic acid groups (broad SMARTS) is 1. The van der Waals surface area contributed by atoms with Crippen molar-refractivity contribution < 1.29 is 14.7 Å². The minimum Gasteiger partial charge on any atom is -0.474 e. The molecule has 1 fully saturated rings. The molecule has 1 amide bonds. The highest BCUT2D eigenvalue weighted by atomic mass is 79.9. The van der Waals surface area contributed by atoms with Gasteiger partial charge in [-0.3, -0.25) is 9.78 Å². The molecule has 10 heteroatoms. The summed E-state index contributed by atoms with van der Waals surface area (Å²) in [5, 5.41) is 14.3. The van der Waals surface area contributed by atoms with Crippen LogP contribution in [-0.4, -0.2) is 56.0 Å². The normalized spacial score (nSPS) is 15.5. The number of para-hydroxylation sites is 1. The number of hydrogen-bond donors (Lipinski definition) is 2. The van der Waals surface area contributed by atoms with Gasteiger partial charge in [-0.1, -0.05) is 34.1 Å². The number of nitrogens with zero attached hydrogens (tertiary/aromatic N) is 5. The molecule has 1 aliphatic rings. The third-order valence-electron chi connectivity index (χ3n) is 5.42. The Labute approximate surface area is 192 Å². The molecule has 9 nitrogen and oxygen atoms in total. The molecule has 4 rings (SSSR count). The van der Waals surface area contributed by atoms with Crippen LogP contribution in [0.25, 0.3) is 27.9 Å². The van der Waals surface area contributed by atoms with E-state index in [1.54, 1.807) is 22.1 Å². The van der Waals surface area contributed by atoms with Gasteiger partial charge in [0.05, 0.1) is 11.7 Å². The Morgan fingerprint density at radius 1 is 1.22 bits per heavy atom. The number of nitrogens with two attached hydrogens (primary N) is 1. The highest BCUT2D eigenvalue weighted by Crippen LogP contribution is 2.33. The van der Waals surface area contributed by atoms with Gasteiger partial charge in [-0.05, 0) is 30.9 Å². The molecule has 1 aromatic carbocycles. The number of amides is 1. The maximum Gasteiger partial charge on any atom is 0.394 e. The highest BCUT2D eigenvalue weighted by Gasteiger charge is 2.26. The molecule has 164 valence electrons. The molecule has 0 bridgehead atoms. The first-order valence-electron chi connectivity index (χ1n) is 10.0. The van der Waals surface area contributed by atoms with Crippen molar-refractivity contribution in [1.82, 2.24) is 19.7 Å². The van der Waals surface area contributed by atoms with Gasteiger partial charge in [-0.25, -0.2) is 9.79 Å². The second-order valence-electron chi connectivity index (χ2n) is 7.46. The number of hydrogen-bond acceptors (Lipinski definition) is 6. The van der Waals surface area contributed by atoms with E-state index >= 15 is 0 Å². The topological polar surface area (TPSA) is 127 Å². The zero-order valence-corrected chi connectivity index (χ0v) is 18.6. The summed E-state index contributed by atoms with van der Waals surface area (Å²) in [6.45, 7) is 0.762. The van der Waals surface area contributed by atoms with Crippen molar-refractivity contribution in [3.05, 3.63) is 47.7 Å². The number of carbonyl (C=O) groups excluding carboxylic acids is 1. The fourth-order valence-electron chi connectivity index (χ4n) is 3.69. The molecule has 0 saturated carbocycles. The summed E-state index contributed by atoms with van der Waals surface area (Å²) in [5.74, 6) is -1.24. The number of aliphatic imine (C=N–C) groups is 1. The van der Waals surface area contributed by atoms with Crippen LogP contribution in [0.4, 0.5) is 5.82 Å². The number of benzene rings is 1. The summed E-state index contributed by atoms with van der Waals surface area (Å²) in [4.78, 5) is 34.7. The molecule has 0 spiro atoms. The molecule has 3 heterocycles. The largest absolute Gasteiger partial charge is 0.474 e. The van der Waals surface area contributed by atoms with Crippen molar-refractivity contribution in [3.63, 3.8) is 0 Å². The van der Waals surface area contributed by atoms with Gasteiger partial charge in [0, 0.05) is 47.0 Å². The molecule has 0 atom stereocenters. The first-order chi connectivity index (χ1) is 15.5. The molecule has 0 aliphatic carbocycles.